The quantitative estimate of drug-likeness (QED) is 0.686. The molecule has 0 aromatic heterocycles. The molecule has 0 saturated carbocycles. The van der Waals surface area contributed by atoms with Crippen molar-refractivity contribution in [3.63, 3.8) is 0 Å². The van der Waals surface area contributed by atoms with E-state index in [1.54, 1.807) is 61.5 Å². The molecular weight excluding hydrogens is 318 g/mol. The number of nitrogens with zero attached hydrogens (tertiary/aromatic N) is 2. The summed E-state index contributed by atoms with van der Waals surface area (Å²) in [5.74, 6) is -0.837. The lowest BCUT2D eigenvalue weighted by atomic mass is 9.91. The number of nitrogens with one attached hydrogen (secondary N) is 1. The van der Waals surface area contributed by atoms with Crippen LogP contribution in [0.2, 0.25) is 0 Å². The molecule has 2 aromatic rings. The Hall–Kier alpha value is -3.46. The number of hydrogen-bond donors (Lipinski definition) is 1. The molecule has 0 radical (unpaired) electrons. The van der Waals surface area contributed by atoms with Crippen LogP contribution in [0.15, 0.2) is 54.6 Å². The van der Waals surface area contributed by atoms with E-state index in [1.165, 1.54) is 0 Å². The zero-order chi connectivity index (χ0) is 18.0. The normalized spacial score (nSPS) is 19.4. The molecule has 6 heteroatoms. The molecule has 0 unspecified atom stereocenters. The second-order valence-corrected chi connectivity index (χ2v) is 5.93. The van der Waals surface area contributed by atoms with E-state index in [9.17, 15) is 14.4 Å². The second kappa shape index (κ2) is 6.21. The smallest absolute Gasteiger partial charge is 0.319 e. The number of carbonyl (C=O) groups excluding carboxylic acids is 3. The Bertz CT molecular complexity index is 902. The predicted molar refractivity (Wildman–Crippen MR) is 89.5 cm³/mol. The average Bonchev–Trinajstić information content (AvgIpc) is 2.86. The van der Waals surface area contributed by atoms with Gasteiger partial charge in [0.05, 0.1) is 18.2 Å². The molecule has 1 aliphatic rings. The third kappa shape index (κ3) is 2.88. The summed E-state index contributed by atoms with van der Waals surface area (Å²) >= 11 is 0. The Labute approximate surface area is 144 Å². The maximum absolute atomic E-state index is 12.8. The van der Waals surface area contributed by atoms with E-state index in [-0.39, 0.29) is 12.3 Å². The predicted octanol–water partition coefficient (Wildman–Crippen LogP) is 2.21. The van der Waals surface area contributed by atoms with Crippen molar-refractivity contribution in [1.29, 1.82) is 5.26 Å². The van der Waals surface area contributed by atoms with Crippen LogP contribution in [0.3, 0.4) is 0 Å². The zero-order valence-corrected chi connectivity index (χ0v) is 13.5. The van der Waals surface area contributed by atoms with Crippen LogP contribution in [-0.4, -0.2) is 29.2 Å². The topological polar surface area (TPSA) is 90.3 Å². The van der Waals surface area contributed by atoms with Gasteiger partial charge in [-0.05, 0) is 24.6 Å². The van der Waals surface area contributed by atoms with Crippen LogP contribution < -0.4 is 5.32 Å². The second-order valence-electron chi connectivity index (χ2n) is 5.93. The Balaban J connectivity index is 1.87. The number of benzene rings is 2. The summed E-state index contributed by atoms with van der Waals surface area (Å²) in [4.78, 5) is 38.3. The zero-order valence-electron chi connectivity index (χ0n) is 13.5. The Morgan fingerprint density at radius 1 is 1.16 bits per heavy atom. The molecule has 2 aromatic carbocycles. The number of rotatable bonds is 4. The van der Waals surface area contributed by atoms with Gasteiger partial charge in [0.25, 0.3) is 5.91 Å². The average molecular weight is 333 g/mol. The Morgan fingerprint density at radius 3 is 2.56 bits per heavy atom. The lowest BCUT2D eigenvalue weighted by Gasteiger charge is -2.22. The molecule has 3 amide bonds. The highest BCUT2D eigenvalue weighted by atomic mass is 16.2. The molecule has 1 atom stereocenters. The fourth-order valence-electron chi connectivity index (χ4n) is 2.79. The van der Waals surface area contributed by atoms with Gasteiger partial charge in [0, 0.05) is 5.56 Å². The van der Waals surface area contributed by atoms with Crippen molar-refractivity contribution in [3.05, 3.63) is 71.3 Å². The summed E-state index contributed by atoms with van der Waals surface area (Å²) in [5.41, 5.74) is 0.0169. The lowest BCUT2D eigenvalue weighted by molar-refractivity contribution is -0.130. The number of hydrogen-bond acceptors (Lipinski definition) is 4. The van der Waals surface area contributed by atoms with Crippen LogP contribution >= 0.6 is 0 Å². The molecule has 6 nitrogen and oxygen atoms in total. The third-order valence-corrected chi connectivity index (χ3v) is 4.24. The molecule has 1 N–H and O–H groups in total. The highest BCUT2D eigenvalue weighted by molar-refractivity contribution is 6.11. The van der Waals surface area contributed by atoms with Gasteiger partial charge in [0.15, 0.2) is 5.78 Å². The largest absolute Gasteiger partial charge is 0.325 e. The lowest BCUT2D eigenvalue weighted by Crippen LogP contribution is -2.41. The summed E-state index contributed by atoms with van der Waals surface area (Å²) in [6.07, 6.45) is 0. The van der Waals surface area contributed by atoms with Crippen LogP contribution in [0.4, 0.5) is 4.79 Å². The molecule has 124 valence electrons. The molecule has 3 rings (SSSR count). The SMILES string of the molecule is C[C@]1(c2cccc(C#N)c2)NC(=O)N(CC(=O)c2ccccc2)C1=O. The maximum Gasteiger partial charge on any atom is 0.325 e. The van der Waals surface area contributed by atoms with Crippen molar-refractivity contribution in [2.75, 3.05) is 6.54 Å². The first kappa shape index (κ1) is 16.4. The number of amides is 3. The number of carbonyl (C=O) groups is 3. The fraction of sp³-hybridized carbons (Fsp3) is 0.158. The summed E-state index contributed by atoms with van der Waals surface area (Å²) < 4.78 is 0. The van der Waals surface area contributed by atoms with Gasteiger partial charge in [-0.2, -0.15) is 5.26 Å². The first-order valence-corrected chi connectivity index (χ1v) is 7.69. The summed E-state index contributed by atoms with van der Waals surface area (Å²) in [6.45, 7) is 1.24. The minimum atomic E-state index is -1.30. The number of nitriles is 1. The molecule has 0 bridgehead atoms. The maximum atomic E-state index is 12.8. The molecule has 0 spiro atoms. The van der Waals surface area contributed by atoms with Crippen molar-refractivity contribution >= 4 is 17.7 Å². The molecule has 1 saturated heterocycles. The number of Topliss-reactive ketones (excluding diaryl/α,β-unsaturated/α-hetero) is 1. The summed E-state index contributed by atoms with van der Waals surface area (Å²) in [5, 5.41) is 11.7. The van der Waals surface area contributed by atoms with Crippen LogP contribution in [0, 0.1) is 11.3 Å². The van der Waals surface area contributed by atoms with E-state index in [0.717, 1.165) is 4.90 Å². The van der Waals surface area contributed by atoms with Gasteiger partial charge in [-0.25, -0.2) is 4.79 Å². The third-order valence-electron chi connectivity index (χ3n) is 4.24. The fourth-order valence-corrected chi connectivity index (χ4v) is 2.79. The van der Waals surface area contributed by atoms with Gasteiger partial charge in [0.2, 0.25) is 0 Å². The molecule has 25 heavy (non-hydrogen) atoms. The molecule has 0 aliphatic carbocycles. The van der Waals surface area contributed by atoms with Crippen molar-refractivity contribution in [2.45, 2.75) is 12.5 Å². The highest BCUT2D eigenvalue weighted by Gasteiger charge is 2.49. The van der Waals surface area contributed by atoms with Gasteiger partial charge in [-0.3, -0.25) is 14.5 Å². The highest BCUT2D eigenvalue weighted by Crippen LogP contribution is 2.29. The van der Waals surface area contributed by atoms with Gasteiger partial charge in [-0.15, -0.1) is 0 Å². The minimum absolute atomic E-state index is 0.320. The van der Waals surface area contributed by atoms with Gasteiger partial charge in [-0.1, -0.05) is 42.5 Å². The van der Waals surface area contributed by atoms with Crippen LogP contribution in [0.5, 0.6) is 0 Å². The number of urea groups is 1. The van der Waals surface area contributed by atoms with E-state index in [0.29, 0.717) is 16.7 Å². The number of ketones is 1. The van der Waals surface area contributed by atoms with Crippen LogP contribution in [0.25, 0.3) is 0 Å². The Kier molecular flexibility index (Phi) is 4.07. The first-order chi connectivity index (χ1) is 12.0. The molecule has 1 fully saturated rings. The van der Waals surface area contributed by atoms with Crippen LogP contribution in [-0.2, 0) is 10.3 Å². The molecular formula is C19H15N3O3. The molecule has 1 aliphatic heterocycles. The van der Waals surface area contributed by atoms with E-state index < -0.39 is 17.5 Å². The van der Waals surface area contributed by atoms with Gasteiger partial charge in [0.1, 0.15) is 5.54 Å². The van der Waals surface area contributed by atoms with Crippen molar-refractivity contribution < 1.29 is 14.4 Å². The van der Waals surface area contributed by atoms with E-state index in [4.69, 9.17) is 5.26 Å². The van der Waals surface area contributed by atoms with Crippen molar-refractivity contribution in [2.24, 2.45) is 0 Å². The summed E-state index contributed by atoms with van der Waals surface area (Å²) in [7, 11) is 0. The van der Waals surface area contributed by atoms with Gasteiger partial charge < -0.3 is 5.32 Å². The Morgan fingerprint density at radius 2 is 1.88 bits per heavy atom. The molecule has 1 heterocycles. The van der Waals surface area contributed by atoms with E-state index in [1.807, 2.05) is 6.07 Å². The standard InChI is InChI=1S/C19H15N3O3/c1-19(15-9-5-6-13(10-15)11-20)17(24)22(18(25)21-19)12-16(23)14-7-3-2-4-8-14/h2-10H,12H2,1H3,(H,21,25)/t19-/m1/s1. The summed E-state index contributed by atoms with van der Waals surface area (Å²) in [6, 6.07) is 16.4. The minimum Gasteiger partial charge on any atom is -0.319 e. The van der Waals surface area contributed by atoms with E-state index >= 15 is 0 Å². The first-order valence-electron chi connectivity index (χ1n) is 7.69. The van der Waals surface area contributed by atoms with E-state index in [2.05, 4.69) is 5.32 Å². The van der Waals surface area contributed by atoms with Gasteiger partial charge >= 0.3 is 6.03 Å². The van der Waals surface area contributed by atoms with Crippen molar-refractivity contribution in [1.82, 2.24) is 10.2 Å². The number of imide groups is 1. The van der Waals surface area contributed by atoms with Crippen LogP contribution in [0.1, 0.15) is 28.4 Å². The van der Waals surface area contributed by atoms with Crippen molar-refractivity contribution in [3.8, 4) is 6.07 Å². The monoisotopic (exact) mass is 333 g/mol.